The molecule has 1 heterocycles. The smallest absolute Gasteiger partial charge is 0.195 e. The molecule has 0 aliphatic rings. The van der Waals surface area contributed by atoms with Gasteiger partial charge in [-0.3, -0.25) is 0 Å². The van der Waals surface area contributed by atoms with Crippen LogP contribution in [0.4, 0.5) is 0 Å². The Morgan fingerprint density at radius 1 is 1.45 bits per heavy atom. The van der Waals surface area contributed by atoms with E-state index in [0.29, 0.717) is 5.92 Å². The van der Waals surface area contributed by atoms with Crippen molar-refractivity contribution in [1.29, 1.82) is 0 Å². The van der Waals surface area contributed by atoms with Crippen LogP contribution >= 0.6 is 0 Å². The molecule has 1 aromatic heterocycles. The highest BCUT2D eigenvalue weighted by Gasteiger charge is 2.08. The summed E-state index contributed by atoms with van der Waals surface area (Å²) in [4.78, 5) is 0. The van der Waals surface area contributed by atoms with Crippen molar-refractivity contribution in [2.24, 2.45) is 0 Å². The van der Waals surface area contributed by atoms with Gasteiger partial charge in [0, 0.05) is 18.1 Å². The molecule has 0 bridgehead atoms. The lowest BCUT2D eigenvalue weighted by atomic mass is 10.1. The Hall–Kier alpha value is -1.05. The lowest BCUT2D eigenvalue weighted by molar-refractivity contribution is -0.615. The van der Waals surface area contributed by atoms with Crippen LogP contribution in [-0.2, 0) is 0 Å². The molecular formula is C9H13NO. The Labute approximate surface area is 67.1 Å². The van der Waals surface area contributed by atoms with Crippen molar-refractivity contribution in [2.75, 3.05) is 0 Å². The van der Waals surface area contributed by atoms with Crippen LogP contribution in [0.1, 0.15) is 31.0 Å². The van der Waals surface area contributed by atoms with Gasteiger partial charge in [0.05, 0.1) is 0 Å². The summed E-state index contributed by atoms with van der Waals surface area (Å²) in [6, 6.07) is 3.75. The Balaban J connectivity index is 3.13. The van der Waals surface area contributed by atoms with Crippen molar-refractivity contribution in [3.8, 4) is 0 Å². The lowest BCUT2D eigenvalue weighted by Gasteiger charge is -2.06. The molecule has 0 spiro atoms. The Bertz CT molecular complexity index is 256. The van der Waals surface area contributed by atoms with Crippen molar-refractivity contribution in [2.45, 2.75) is 26.7 Å². The average Bonchev–Trinajstić information content (AvgIpc) is 1.94. The molecule has 60 valence electrons. The summed E-state index contributed by atoms with van der Waals surface area (Å²) in [6.07, 6.45) is 1.56. The molecule has 0 atom stereocenters. The van der Waals surface area contributed by atoms with Crippen molar-refractivity contribution >= 4 is 0 Å². The van der Waals surface area contributed by atoms with Crippen molar-refractivity contribution in [1.82, 2.24) is 0 Å². The molecule has 0 saturated heterocycles. The molecule has 0 radical (unpaired) electrons. The van der Waals surface area contributed by atoms with E-state index in [0.717, 1.165) is 16.0 Å². The minimum absolute atomic E-state index is 0.299. The number of aryl methyl sites for hydroxylation is 1. The fourth-order valence-corrected chi connectivity index (χ4v) is 1.04. The van der Waals surface area contributed by atoms with E-state index in [2.05, 4.69) is 0 Å². The first-order valence-corrected chi connectivity index (χ1v) is 3.81. The van der Waals surface area contributed by atoms with Gasteiger partial charge in [-0.15, -0.1) is 0 Å². The fraction of sp³-hybridized carbons (Fsp3) is 0.444. The van der Waals surface area contributed by atoms with Crippen LogP contribution in [-0.4, -0.2) is 0 Å². The molecule has 11 heavy (non-hydrogen) atoms. The minimum Gasteiger partial charge on any atom is -0.618 e. The molecule has 0 saturated carbocycles. The summed E-state index contributed by atoms with van der Waals surface area (Å²) in [7, 11) is 0. The zero-order chi connectivity index (χ0) is 8.43. The van der Waals surface area contributed by atoms with Gasteiger partial charge in [-0.25, -0.2) is 0 Å². The fourth-order valence-electron chi connectivity index (χ4n) is 1.04. The van der Waals surface area contributed by atoms with Gasteiger partial charge in [-0.05, 0) is 12.5 Å². The zero-order valence-electron chi connectivity index (χ0n) is 7.16. The third-order valence-corrected chi connectivity index (χ3v) is 1.69. The first kappa shape index (κ1) is 8.05. The number of hydrogen-bond donors (Lipinski definition) is 0. The van der Waals surface area contributed by atoms with Crippen LogP contribution in [0.5, 0.6) is 0 Å². The summed E-state index contributed by atoms with van der Waals surface area (Å²) in [5, 5.41) is 11.1. The topological polar surface area (TPSA) is 26.9 Å². The molecule has 0 aliphatic carbocycles. The van der Waals surface area contributed by atoms with Crippen LogP contribution < -0.4 is 4.73 Å². The molecule has 0 aromatic carbocycles. The summed E-state index contributed by atoms with van der Waals surface area (Å²) in [6.45, 7) is 6.03. The van der Waals surface area contributed by atoms with Gasteiger partial charge >= 0.3 is 0 Å². The van der Waals surface area contributed by atoms with Crippen molar-refractivity contribution < 1.29 is 4.73 Å². The Kier molecular flexibility index (Phi) is 2.13. The molecule has 2 nitrogen and oxygen atoms in total. The molecule has 0 N–H and O–H groups in total. The summed E-state index contributed by atoms with van der Waals surface area (Å²) in [5.74, 6) is 0.299. The van der Waals surface area contributed by atoms with Crippen LogP contribution in [0.25, 0.3) is 0 Å². The monoisotopic (exact) mass is 151 g/mol. The van der Waals surface area contributed by atoms with Crippen molar-refractivity contribution in [3.05, 3.63) is 34.8 Å². The standard InChI is InChI=1S/C9H13NO/c1-7(2)9-6-8(3)4-5-10(9)11/h4-7H,1-3H3. The molecule has 0 aliphatic heterocycles. The lowest BCUT2D eigenvalue weighted by Crippen LogP contribution is -2.31. The largest absolute Gasteiger partial charge is 0.618 e. The van der Waals surface area contributed by atoms with Crippen LogP contribution in [0.15, 0.2) is 18.3 Å². The number of nitrogens with zero attached hydrogens (tertiary/aromatic N) is 1. The Morgan fingerprint density at radius 2 is 2.09 bits per heavy atom. The minimum atomic E-state index is 0.299. The van der Waals surface area contributed by atoms with E-state index in [-0.39, 0.29) is 0 Å². The summed E-state index contributed by atoms with van der Waals surface area (Å²) < 4.78 is 0.928. The van der Waals surface area contributed by atoms with Crippen LogP contribution in [0.3, 0.4) is 0 Å². The van der Waals surface area contributed by atoms with Crippen LogP contribution in [0, 0.1) is 12.1 Å². The molecule has 0 fully saturated rings. The third-order valence-electron chi connectivity index (χ3n) is 1.69. The first-order valence-electron chi connectivity index (χ1n) is 3.81. The molecule has 0 unspecified atom stereocenters. The van der Waals surface area contributed by atoms with Crippen molar-refractivity contribution in [3.63, 3.8) is 0 Å². The second-order valence-electron chi connectivity index (χ2n) is 3.11. The first-order chi connectivity index (χ1) is 5.11. The molecule has 1 rings (SSSR count). The second kappa shape index (κ2) is 2.91. The Morgan fingerprint density at radius 3 is 2.55 bits per heavy atom. The third kappa shape index (κ3) is 1.70. The van der Waals surface area contributed by atoms with Gasteiger partial charge in [0.1, 0.15) is 0 Å². The van der Waals surface area contributed by atoms with E-state index < -0.39 is 0 Å². The predicted molar refractivity (Wildman–Crippen MR) is 44.2 cm³/mol. The second-order valence-corrected chi connectivity index (χ2v) is 3.11. The maximum Gasteiger partial charge on any atom is 0.195 e. The molecule has 0 amide bonds. The number of hydrogen-bond acceptors (Lipinski definition) is 1. The van der Waals surface area contributed by atoms with Gasteiger partial charge in [0.15, 0.2) is 11.9 Å². The van der Waals surface area contributed by atoms with E-state index in [1.165, 1.54) is 0 Å². The van der Waals surface area contributed by atoms with E-state index >= 15 is 0 Å². The van der Waals surface area contributed by atoms with Gasteiger partial charge in [-0.1, -0.05) is 13.8 Å². The highest BCUT2D eigenvalue weighted by atomic mass is 16.5. The molecule has 2 heteroatoms. The number of rotatable bonds is 1. The maximum absolute atomic E-state index is 11.1. The van der Waals surface area contributed by atoms with Gasteiger partial charge < -0.3 is 5.21 Å². The SMILES string of the molecule is Cc1cc[n+]([O-])c(C(C)C)c1. The highest BCUT2D eigenvalue weighted by molar-refractivity contribution is 5.12. The maximum atomic E-state index is 11.1. The highest BCUT2D eigenvalue weighted by Crippen LogP contribution is 2.09. The van der Waals surface area contributed by atoms with E-state index in [4.69, 9.17) is 0 Å². The molecule has 1 aromatic rings. The van der Waals surface area contributed by atoms with Gasteiger partial charge in [0.2, 0.25) is 0 Å². The summed E-state index contributed by atoms with van der Waals surface area (Å²) in [5.41, 5.74) is 1.98. The number of pyridine rings is 1. The molecular weight excluding hydrogens is 138 g/mol. The van der Waals surface area contributed by atoms with Gasteiger partial charge in [-0.2, -0.15) is 4.73 Å². The van der Waals surface area contributed by atoms with Crippen LogP contribution in [0.2, 0.25) is 0 Å². The van der Waals surface area contributed by atoms with Gasteiger partial charge in [0.25, 0.3) is 0 Å². The normalized spacial score (nSPS) is 10.5. The predicted octanol–water partition coefficient (Wildman–Crippen LogP) is 1.75. The quantitative estimate of drug-likeness (QED) is 0.443. The average molecular weight is 151 g/mol. The summed E-state index contributed by atoms with van der Waals surface area (Å²) >= 11 is 0. The van der Waals surface area contributed by atoms with E-state index in [1.54, 1.807) is 6.20 Å². The number of aromatic nitrogens is 1. The van der Waals surface area contributed by atoms with E-state index in [1.807, 2.05) is 32.9 Å². The zero-order valence-corrected chi connectivity index (χ0v) is 7.16. The van der Waals surface area contributed by atoms with E-state index in [9.17, 15) is 5.21 Å².